The maximum absolute atomic E-state index is 10.3. The molecule has 1 aliphatic heterocycles. The van der Waals surface area contributed by atoms with Gasteiger partial charge in [0.05, 0.1) is 0 Å². The molecule has 2 nitrogen and oxygen atoms in total. The van der Waals surface area contributed by atoms with Crippen molar-refractivity contribution >= 4 is 0 Å². The average Bonchev–Trinajstić information content (AvgIpc) is 2.87. The Hall–Kier alpha value is -1.02. The van der Waals surface area contributed by atoms with Crippen molar-refractivity contribution in [1.29, 1.82) is 0 Å². The Morgan fingerprint density at radius 1 is 1.28 bits per heavy atom. The summed E-state index contributed by atoms with van der Waals surface area (Å²) >= 11 is 0. The minimum atomic E-state index is 0.529. The molecule has 2 N–H and O–H groups in total. The van der Waals surface area contributed by atoms with E-state index < -0.39 is 0 Å². The molecule has 0 radical (unpaired) electrons. The van der Waals surface area contributed by atoms with Gasteiger partial charge >= 0.3 is 0 Å². The van der Waals surface area contributed by atoms with Gasteiger partial charge in [-0.05, 0) is 86.7 Å². The standard InChI is InChI=1S/C16H23NO/c1-11-14-7-3-2-5-12(14)9-16(18)15(11)10-13-6-4-8-17-13/h9,13,17-18H,2-8,10H2,1H3. The van der Waals surface area contributed by atoms with Gasteiger partial charge in [-0.1, -0.05) is 0 Å². The van der Waals surface area contributed by atoms with Crippen LogP contribution >= 0.6 is 0 Å². The first kappa shape index (κ1) is 12.0. The van der Waals surface area contributed by atoms with E-state index in [4.69, 9.17) is 0 Å². The molecule has 0 spiro atoms. The van der Waals surface area contributed by atoms with Crippen molar-refractivity contribution in [3.63, 3.8) is 0 Å². The van der Waals surface area contributed by atoms with Crippen molar-refractivity contribution < 1.29 is 5.11 Å². The summed E-state index contributed by atoms with van der Waals surface area (Å²) in [7, 11) is 0. The van der Waals surface area contributed by atoms with Gasteiger partial charge in [0.25, 0.3) is 0 Å². The highest BCUT2D eigenvalue weighted by Gasteiger charge is 2.21. The number of aryl methyl sites for hydroxylation is 1. The molecule has 0 saturated carbocycles. The predicted octanol–water partition coefficient (Wildman–Crippen LogP) is 2.87. The lowest BCUT2D eigenvalue weighted by atomic mass is 9.84. The third-order valence-corrected chi connectivity index (χ3v) is 4.65. The average molecular weight is 245 g/mol. The molecule has 1 aliphatic carbocycles. The minimum absolute atomic E-state index is 0.529. The second-order valence-electron chi connectivity index (χ2n) is 5.84. The molecule has 2 heteroatoms. The van der Waals surface area contributed by atoms with Crippen LogP contribution in [0.2, 0.25) is 0 Å². The molecule has 18 heavy (non-hydrogen) atoms. The smallest absolute Gasteiger partial charge is 0.119 e. The number of aromatic hydroxyl groups is 1. The number of rotatable bonds is 2. The third kappa shape index (κ3) is 2.14. The van der Waals surface area contributed by atoms with Crippen LogP contribution in [0.4, 0.5) is 0 Å². The fourth-order valence-electron chi connectivity index (χ4n) is 3.58. The summed E-state index contributed by atoms with van der Waals surface area (Å²) in [6.07, 6.45) is 8.43. The molecule has 1 fully saturated rings. The molecule has 0 bridgehead atoms. The first-order valence-electron chi connectivity index (χ1n) is 7.32. The van der Waals surface area contributed by atoms with Crippen LogP contribution in [0.1, 0.15) is 47.9 Å². The molecule has 1 heterocycles. The highest BCUT2D eigenvalue weighted by molar-refractivity contribution is 5.49. The first-order valence-corrected chi connectivity index (χ1v) is 7.32. The molecule has 1 atom stereocenters. The summed E-state index contributed by atoms with van der Waals surface area (Å²) in [4.78, 5) is 0. The lowest BCUT2D eigenvalue weighted by Gasteiger charge is -2.23. The summed E-state index contributed by atoms with van der Waals surface area (Å²) in [5.74, 6) is 0.529. The van der Waals surface area contributed by atoms with E-state index >= 15 is 0 Å². The van der Waals surface area contributed by atoms with Crippen molar-refractivity contribution in [2.24, 2.45) is 0 Å². The third-order valence-electron chi connectivity index (χ3n) is 4.65. The van der Waals surface area contributed by atoms with E-state index in [9.17, 15) is 5.11 Å². The maximum Gasteiger partial charge on any atom is 0.119 e. The largest absolute Gasteiger partial charge is 0.508 e. The van der Waals surface area contributed by atoms with Gasteiger partial charge < -0.3 is 10.4 Å². The van der Waals surface area contributed by atoms with E-state index in [1.54, 1.807) is 0 Å². The molecule has 1 saturated heterocycles. The second kappa shape index (κ2) is 4.93. The molecule has 0 amide bonds. The summed E-state index contributed by atoms with van der Waals surface area (Å²) in [6.45, 7) is 3.34. The lowest BCUT2D eigenvalue weighted by molar-refractivity contribution is 0.458. The Bertz CT molecular complexity index is 447. The fraction of sp³-hybridized carbons (Fsp3) is 0.625. The van der Waals surface area contributed by atoms with Crippen LogP contribution in [0.15, 0.2) is 6.07 Å². The number of phenols is 1. The Balaban J connectivity index is 1.92. The van der Waals surface area contributed by atoms with E-state index in [0.29, 0.717) is 11.8 Å². The van der Waals surface area contributed by atoms with Crippen LogP contribution in [-0.4, -0.2) is 17.7 Å². The van der Waals surface area contributed by atoms with Gasteiger partial charge in [-0.25, -0.2) is 0 Å². The van der Waals surface area contributed by atoms with Gasteiger partial charge in [0.2, 0.25) is 0 Å². The Morgan fingerprint density at radius 2 is 2.11 bits per heavy atom. The van der Waals surface area contributed by atoms with E-state index in [-0.39, 0.29) is 0 Å². The Kier molecular flexibility index (Phi) is 3.29. The monoisotopic (exact) mass is 245 g/mol. The summed E-state index contributed by atoms with van der Waals surface area (Å²) < 4.78 is 0. The van der Waals surface area contributed by atoms with Crippen molar-refractivity contribution in [3.05, 3.63) is 28.3 Å². The zero-order valence-electron chi connectivity index (χ0n) is 11.3. The van der Waals surface area contributed by atoms with Crippen molar-refractivity contribution in [2.45, 2.75) is 57.9 Å². The first-order chi connectivity index (χ1) is 8.75. The number of hydrogen-bond acceptors (Lipinski definition) is 2. The summed E-state index contributed by atoms with van der Waals surface area (Å²) in [5, 5.41) is 13.8. The van der Waals surface area contributed by atoms with Gasteiger partial charge in [0.15, 0.2) is 0 Å². The van der Waals surface area contributed by atoms with Crippen molar-refractivity contribution in [1.82, 2.24) is 5.32 Å². The van der Waals surface area contributed by atoms with Gasteiger partial charge in [0.1, 0.15) is 5.75 Å². The normalized spacial score (nSPS) is 23.1. The SMILES string of the molecule is Cc1c(CC2CCCN2)c(O)cc2c1CCCC2. The van der Waals surface area contributed by atoms with Gasteiger partial charge in [-0.3, -0.25) is 0 Å². The van der Waals surface area contributed by atoms with Crippen molar-refractivity contribution in [2.75, 3.05) is 6.54 Å². The maximum atomic E-state index is 10.3. The molecular weight excluding hydrogens is 222 g/mol. The Morgan fingerprint density at radius 3 is 2.89 bits per heavy atom. The number of hydrogen-bond donors (Lipinski definition) is 2. The van der Waals surface area contributed by atoms with Crippen molar-refractivity contribution in [3.8, 4) is 5.75 Å². The van der Waals surface area contributed by atoms with Gasteiger partial charge in [0, 0.05) is 6.04 Å². The number of nitrogens with one attached hydrogen (secondary N) is 1. The van der Waals surface area contributed by atoms with Crippen LogP contribution in [0.3, 0.4) is 0 Å². The highest BCUT2D eigenvalue weighted by Crippen LogP contribution is 2.33. The fourth-order valence-corrected chi connectivity index (χ4v) is 3.58. The van der Waals surface area contributed by atoms with Crippen LogP contribution in [-0.2, 0) is 19.3 Å². The zero-order chi connectivity index (χ0) is 12.5. The second-order valence-corrected chi connectivity index (χ2v) is 5.84. The minimum Gasteiger partial charge on any atom is -0.508 e. The highest BCUT2D eigenvalue weighted by atomic mass is 16.3. The molecule has 0 aromatic heterocycles. The molecule has 3 rings (SSSR count). The van der Waals surface area contributed by atoms with Crippen LogP contribution in [0.5, 0.6) is 5.75 Å². The predicted molar refractivity (Wildman–Crippen MR) is 74.2 cm³/mol. The van der Waals surface area contributed by atoms with Crippen LogP contribution < -0.4 is 5.32 Å². The topological polar surface area (TPSA) is 32.3 Å². The number of fused-ring (bicyclic) bond motifs is 1. The van der Waals surface area contributed by atoms with E-state index in [2.05, 4.69) is 12.2 Å². The lowest BCUT2D eigenvalue weighted by Crippen LogP contribution is -2.24. The number of benzene rings is 1. The van der Waals surface area contributed by atoms with Gasteiger partial charge in [-0.2, -0.15) is 0 Å². The molecular formula is C16H23NO. The molecule has 98 valence electrons. The molecule has 1 aromatic carbocycles. The summed E-state index contributed by atoms with van der Waals surface area (Å²) in [6, 6.07) is 2.60. The van der Waals surface area contributed by atoms with Crippen LogP contribution in [0, 0.1) is 6.92 Å². The summed E-state index contributed by atoms with van der Waals surface area (Å²) in [5.41, 5.74) is 5.46. The van der Waals surface area contributed by atoms with E-state index in [1.165, 1.54) is 54.4 Å². The molecule has 1 unspecified atom stereocenters. The zero-order valence-corrected chi connectivity index (χ0v) is 11.3. The van der Waals surface area contributed by atoms with E-state index in [1.807, 2.05) is 6.07 Å². The molecule has 1 aromatic rings. The quantitative estimate of drug-likeness (QED) is 0.839. The Labute approximate surface area is 109 Å². The number of phenolic OH excluding ortho intramolecular Hbond substituents is 1. The van der Waals surface area contributed by atoms with Crippen LogP contribution in [0.25, 0.3) is 0 Å². The van der Waals surface area contributed by atoms with Gasteiger partial charge in [-0.15, -0.1) is 0 Å². The van der Waals surface area contributed by atoms with E-state index in [0.717, 1.165) is 19.4 Å². The molecule has 2 aliphatic rings.